The molecule has 1 atom stereocenters. The Balaban J connectivity index is 0.000000391. The number of hydrogen-bond acceptors (Lipinski definition) is 8. The molecule has 2 heterocycles. The molecule has 0 aliphatic rings. The van der Waals surface area contributed by atoms with Crippen LogP contribution in [0, 0.1) is 17.6 Å². The third-order valence-electron chi connectivity index (χ3n) is 5.31. The minimum atomic E-state index is -0.834. The molecule has 0 saturated heterocycles. The van der Waals surface area contributed by atoms with Crippen LogP contribution in [-0.2, 0) is 31.9 Å². The number of nitrogens with zero attached hydrogens (tertiary/aromatic N) is 2. The topological polar surface area (TPSA) is 137 Å². The fraction of sp³-hybridized carbons (Fsp3) is 0.407. The van der Waals surface area contributed by atoms with Crippen molar-refractivity contribution in [2.45, 2.75) is 53.5 Å². The van der Waals surface area contributed by atoms with Crippen molar-refractivity contribution in [3.8, 4) is 0 Å². The van der Waals surface area contributed by atoms with Gasteiger partial charge in [-0.25, -0.2) is 28.3 Å². The lowest BCUT2D eigenvalue weighted by Gasteiger charge is -2.19. The quantitative estimate of drug-likeness (QED) is 0.360. The summed E-state index contributed by atoms with van der Waals surface area (Å²) >= 11 is 0. The van der Waals surface area contributed by atoms with Gasteiger partial charge in [-0.15, -0.1) is 0 Å². The predicted octanol–water partition coefficient (Wildman–Crippen LogP) is 3.30. The molecule has 0 spiro atoms. The summed E-state index contributed by atoms with van der Waals surface area (Å²) in [5, 5.41) is 4.73. The maximum absolute atomic E-state index is 13.7. The van der Waals surface area contributed by atoms with Crippen LogP contribution in [0.25, 0.3) is 0 Å². The normalized spacial score (nSPS) is 11.6. The number of esters is 2. The second-order valence-corrected chi connectivity index (χ2v) is 8.34. The van der Waals surface area contributed by atoms with Crippen molar-refractivity contribution in [2.75, 3.05) is 14.2 Å². The Hall–Kier alpha value is -4.22. The van der Waals surface area contributed by atoms with E-state index in [1.165, 1.54) is 44.6 Å². The summed E-state index contributed by atoms with van der Waals surface area (Å²) in [4.78, 5) is 54.6. The lowest BCUT2D eigenvalue weighted by atomic mass is 10.0. The summed E-state index contributed by atoms with van der Waals surface area (Å²) in [7, 11) is 2.43. The largest absolute Gasteiger partial charge is 0.467 e. The summed E-state index contributed by atoms with van der Waals surface area (Å²) in [6.45, 7) is 8.77. The van der Waals surface area contributed by atoms with E-state index in [2.05, 4.69) is 30.1 Å². The molecular formula is C27H34F2N4O6. The van der Waals surface area contributed by atoms with Crippen molar-refractivity contribution in [1.82, 2.24) is 20.6 Å². The molecule has 0 bridgehead atoms. The molecule has 12 heteroatoms. The SMILES string of the molecule is C/C=C(/NC(=O)c1nc(CC)ccc1F)C(=O)OC.CCc1ccc(F)c(C(=O)NC(C(=O)OC)C(C)C)n1. The van der Waals surface area contributed by atoms with Crippen LogP contribution in [-0.4, -0.2) is 54.0 Å². The second-order valence-electron chi connectivity index (χ2n) is 8.34. The summed E-state index contributed by atoms with van der Waals surface area (Å²) in [5.41, 5.74) is 0.486. The van der Waals surface area contributed by atoms with Gasteiger partial charge in [0.25, 0.3) is 11.8 Å². The lowest BCUT2D eigenvalue weighted by Crippen LogP contribution is -2.45. The molecule has 1 unspecified atom stereocenters. The van der Waals surface area contributed by atoms with E-state index in [1.54, 1.807) is 20.8 Å². The Labute approximate surface area is 226 Å². The number of carbonyl (C=O) groups excluding carboxylic acids is 4. The minimum Gasteiger partial charge on any atom is -0.467 e. The Kier molecular flexibility index (Phi) is 13.4. The van der Waals surface area contributed by atoms with Crippen molar-refractivity contribution in [1.29, 1.82) is 0 Å². The first kappa shape index (κ1) is 32.8. The molecular weight excluding hydrogens is 514 g/mol. The number of pyridine rings is 2. The van der Waals surface area contributed by atoms with E-state index in [-0.39, 0.29) is 23.0 Å². The van der Waals surface area contributed by atoms with Gasteiger partial charge in [-0.2, -0.15) is 0 Å². The summed E-state index contributed by atoms with van der Waals surface area (Å²) < 4.78 is 36.3. The Morgan fingerprint density at radius 2 is 1.36 bits per heavy atom. The van der Waals surface area contributed by atoms with Crippen molar-refractivity contribution in [3.05, 3.63) is 70.4 Å². The molecule has 2 rings (SSSR count). The highest BCUT2D eigenvalue weighted by molar-refractivity contribution is 6.00. The minimum absolute atomic E-state index is 0.0596. The van der Waals surface area contributed by atoms with Crippen molar-refractivity contribution >= 4 is 23.8 Å². The van der Waals surface area contributed by atoms with E-state index >= 15 is 0 Å². The van der Waals surface area contributed by atoms with Crippen LogP contribution in [0.3, 0.4) is 0 Å². The molecule has 2 N–H and O–H groups in total. The van der Waals surface area contributed by atoms with Crippen LogP contribution in [0.5, 0.6) is 0 Å². The number of ether oxygens (including phenoxy) is 2. The van der Waals surface area contributed by atoms with E-state index in [4.69, 9.17) is 0 Å². The maximum atomic E-state index is 13.7. The molecule has 0 aliphatic carbocycles. The number of amides is 2. The first-order chi connectivity index (χ1) is 18.4. The molecule has 2 amide bonds. The van der Waals surface area contributed by atoms with Crippen molar-refractivity contribution in [3.63, 3.8) is 0 Å². The number of aromatic nitrogens is 2. The van der Waals surface area contributed by atoms with Crippen LogP contribution < -0.4 is 10.6 Å². The molecule has 0 aliphatic heterocycles. The van der Waals surface area contributed by atoms with Crippen LogP contribution in [0.2, 0.25) is 0 Å². The lowest BCUT2D eigenvalue weighted by molar-refractivity contribution is -0.144. The average molecular weight is 549 g/mol. The second kappa shape index (κ2) is 15.9. The Morgan fingerprint density at radius 1 is 0.872 bits per heavy atom. The van der Waals surface area contributed by atoms with Crippen LogP contribution in [0.1, 0.15) is 67.0 Å². The van der Waals surface area contributed by atoms with Gasteiger partial charge < -0.3 is 20.1 Å². The number of allylic oxidation sites excluding steroid dienone is 1. The fourth-order valence-electron chi connectivity index (χ4n) is 3.04. The summed E-state index contributed by atoms with van der Waals surface area (Å²) in [6, 6.07) is 4.56. The number of hydrogen-bond donors (Lipinski definition) is 2. The van der Waals surface area contributed by atoms with Crippen molar-refractivity contribution < 1.29 is 37.4 Å². The number of rotatable bonds is 9. The van der Waals surface area contributed by atoms with Gasteiger partial charge in [0.05, 0.1) is 14.2 Å². The van der Waals surface area contributed by atoms with E-state index in [0.29, 0.717) is 24.2 Å². The van der Waals surface area contributed by atoms with Gasteiger partial charge in [0.1, 0.15) is 11.7 Å². The zero-order valence-electron chi connectivity index (χ0n) is 23.1. The predicted molar refractivity (Wildman–Crippen MR) is 138 cm³/mol. The van der Waals surface area contributed by atoms with E-state index in [1.807, 2.05) is 13.8 Å². The number of methoxy groups -OCH3 is 2. The summed E-state index contributed by atoms with van der Waals surface area (Å²) in [5.74, 6) is -4.41. The monoisotopic (exact) mass is 548 g/mol. The molecule has 0 aromatic carbocycles. The molecule has 0 radical (unpaired) electrons. The highest BCUT2D eigenvalue weighted by Gasteiger charge is 2.27. The van der Waals surface area contributed by atoms with Gasteiger partial charge in [-0.3, -0.25) is 9.59 Å². The highest BCUT2D eigenvalue weighted by Crippen LogP contribution is 2.10. The Bertz CT molecular complexity index is 1220. The molecule has 39 heavy (non-hydrogen) atoms. The summed E-state index contributed by atoms with van der Waals surface area (Å²) in [6.07, 6.45) is 2.53. The smallest absolute Gasteiger partial charge is 0.354 e. The fourth-order valence-corrected chi connectivity index (χ4v) is 3.04. The molecule has 0 fully saturated rings. The molecule has 2 aromatic rings. The standard InChI is InChI=1S/C14H19FN2O3.C13H15FN2O3/c1-5-9-6-7-10(15)12(16-9)13(18)17-11(8(2)3)14(19)20-4;1-4-8-6-7-9(14)11(15-8)12(17)16-10(5-2)13(18)19-3/h6-8,11H,5H2,1-4H3,(H,17,18);5-7H,4H2,1-3H3,(H,16,17)/b;10-5+. The van der Waals surface area contributed by atoms with Crippen molar-refractivity contribution in [2.24, 2.45) is 5.92 Å². The molecule has 10 nitrogen and oxygen atoms in total. The van der Waals surface area contributed by atoms with Gasteiger partial charge in [0.15, 0.2) is 23.0 Å². The third-order valence-corrected chi connectivity index (χ3v) is 5.31. The first-order valence-electron chi connectivity index (χ1n) is 12.2. The van der Waals surface area contributed by atoms with E-state index in [0.717, 1.165) is 0 Å². The van der Waals surface area contributed by atoms with Crippen LogP contribution in [0.4, 0.5) is 8.78 Å². The third kappa shape index (κ3) is 9.55. The number of halogens is 2. The van der Waals surface area contributed by atoms with Gasteiger partial charge in [-0.1, -0.05) is 33.8 Å². The number of aryl methyl sites for hydroxylation is 2. The van der Waals surface area contributed by atoms with Gasteiger partial charge in [-0.05, 0) is 49.9 Å². The number of nitrogens with one attached hydrogen (secondary N) is 2. The molecule has 2 aromatic heterocycles. The van der Waals surface area contributed by atoms with Gasteiger partial charge in [0, 0.05) is 11.4 Å². The van der Waals surface area contributed by atoms with Crippen LogP contribution in [0.15, 0.2) is 36.0 Å². The zero-order chi connectivity index (χ0) is 29.7. The molecule has 0 saturated carbocycles. The van der Waals surface area contributed by atoms with Crippen LogP contribution >= 0.6 is 0 Å². The zero-order valence-corrected chi connectivity index (χ0v) is 23.1. The molecule has 212 valence electrons. The number of carbonyl (C=O) groups is 4. The van der Waals surface area contributed by atoms with Gasteiger partial charge in [0.2, 0.25) is 0 Å². The first-order valence-corrected chi connectivity index (χ1v) is 12.2. The highest BCUT2D eigenvalue weighted by atomic mass is 19.1. The average Bonchev–Trinajstić information content (AvgIpc) is 2.94. The maximum Gasteiger partial charge on any atom is 0.354 e. The van der Waals surface area contributed by atoms with E-state index < -0.39 is 41.4 Å². The van der Waals surface area contributed by atoms with Gasteiger partial charge >= 0.3 is 11.9 Å². The Morgan fingerprint density at radius 3 is 1.74 bits per heavy atom. The van der Waals surface area contributed by atoms with E-state index in [9.17, 15) is 28.0 Å².